The predicted molar refractivity (Wildman–Crippen MR) is 99.4 cm³/mol. The van der Waals surface area contributed by atoms with Crippen LogP contribution in [0.1, 0.15) is 42.4 Å². The van der Waals surface area contributed by atoms with Crippen LogP contribution in [-0.2, 0) is 23.9 Å². The third-order valence-corrected chi connectivity index (χ3v) is 5.56. The minimum Gasteiger partial charge on any atom is -0.507 e. The zero-order valence-electron chi connectivity index (χ0n) is 15.7. The molecule has 2 aliphatic rings. The van der Waals surface area contributed by atoms with Gasteiger partial charge >= 0.3 is 6.18 Å². The maximum absolute atomic E-state index is 12.9. The maximum Gasteiger partial charge on any atom is 0.416 e. The molecule has 0 spiro atoms. The Bertz CT molecular complexity index is 905. The molecule has 4 rings (SSSR count). The van der Waals surface area contributed by atoms with E-state index in [0.717, 1.165) is 37.3 Å². The van der Waals surface area contributed by atoms with Crippen molar-refractivity contribution in [3.05, 3.63) is 34.9 Å². The van der Waals surface area contributed by atoms with Gasteiger partial charge in [0.1, 0.15) is 11.4 Å². The lowest BCUT2D eigenvalue weighted by atomic mass is 9.92. The number of fused-ring (bicyclic) bond motifs is 1. The van der Waals surface area contributed by atoms with Gasteiger partial charge in [-0.1, -0.05) is 12.8 Å². The molecule has 9 heteroatoms. The Morgan fingerprint density at radius 3 is 2.62 bits per heavy atom. The van der Waals surface area contributed by atoms with Crippen LogP contribution in [-0.4, -0.2) is 39.2 Å². The summed E-state index contributed by atoms with van der Waals surface area (Å²) in [6.07, 6.45) is -0.875. The number of nitrogens with one attached hydrogen (secondary N) is 1. The number of rotatable bonds is 3. The molecule has 0 bridgehead atoms. The van der Waals surface area contributed by atoms with Gasteiger partial charge < -0.3 is 20.3 Å². The van der Waals surface area contributed by atoms with Crippen molar-refractivity contribution in [3.63, 3.8) is 0 Å². The maximum atomic E-state index is 12.9. The van der Waals surface area contributed by atoms with Crippen molar-refractivity contribution in [3.8, 4) is 17.0 Å². The van der Waals surface area contributed by atoms with Crippen LogP contribution in [0.4, 0.5) is 19.0 Å². The standard InChI is InChI=1S/C20H22F3N3O3/c21-20(22,23)11-5-6-13(17(28)9-11)18-14-10-29-8-7-12(14)19(26-25-18)24-15-3-1-2-4-16(15)27/h5-6,9,15-16,27-28H,1-4,7-8,10H2,(H,24,26)/t15-,16+/m1/s1. The van der Waals surface area contributed by atoms with Crippen molar-refractivity contribution < 1.29 is 28.1 Å². The molecule has 0 radical (unpaired) electrons. The number of aliphatic hydroxyl groups excluding tert-OH is 1. The highest BCUT2D eigenvalue weighted by Crippen LogP contribution is 2.39. The lowest BCUT2D eigenvalue weighted by molar-refractivity contribution is -0.137. The SMILES string of the molecule is Oc1cc(C(F)(F)F)ccc1-c1nnc(N[C@@H]2CCCC[C@@H]2O)c2c1COCC2. The third-order valence-electron chi connectivity index (χ3n) is 5.56. The Morgan fingerprint density at radius 2 is 1.90 bits per heavy atom. The smallest absolute Gasteiger partial charge is 0.416 e. The van der Waals surface area contributed by atoms with E-state index in [1.165, 1.54) is 6.07 Å². The van der Waals surface area contributed by atoms with Crippen molar-refractivity contribution in [2.24, 2.45) is 0 Å². The number of nitrogens with zero attached hydrogens (tertiary/aromatic N) is 2. The number of aliphatic hydroxyl groups is 1. The second kappa shape index (κ2) is 7.79. The number of halogens is 3. The highest BCUT2D eigenvalue weighted by Gasteiger charge is 2.32. The summed E-state index contributed by atoms with van der Waals surface area (Å²) in [5.74, 6) is 0.0507. The first-order chi connectivity index (χ1) is 13.8. The molecule has 1 aromatic heterocycles. The number of alkyl halides is 3. The third kappa shape index (κ3) is 4.02. The van der Waals surface area contributed by atoms with E-state index < -0.39 is 23.6 Å². The van der Waals surface area contributed by atoms with Crippen LogP contribution in [0, 0.1) is 0 Å². The fourth-order valence-electron chi connectivity index (χ4n) is 3.98. The molecule has 2 heterocycles. The molecule has 0 unspecified atom stereocenters. The molecule has 0 amide bonds. The quantitative estimate of drug-likeness (QED) is 0.717. The van der Waals surface area contributed by atoms with E-state index in [1.54, 1.807) is 0 Å². The summed E-state index contributed by atoms with van der Waals surface area (Å²) in [5.41, 5.74) is 1.10. The molecule has 156 valence electrons. The fourth-order valence-corrected chi connectivity index (χ4v) is 3.98. The molecule has 1 aliphatic carbocycles. The lowest BCUT2D eigenvalue weighted by Crippen LogP contribution is -2.37. The fraction of sp³-hybridized carbons (Fsp3) is 0.500. The molecule has 1 fully saturated rings. The van der Waals surface area contributed by atoms with Crippen LogP contribution in [0.5, 0.6) is 5.75 Å². The molecule has 1 saturated carbocycles. The minimum atomic E-state index is -4.54. The van der Waals surface area contributed by atoms with Crippen LogP contribution in [0.25, 0.3) is 11.3 Å². The van der Waals surface area contributed by atoms with E-state index in [4.69, 9.17) is 4.74 Å². The average Bonchev–Trinajstić information content (AvgIpc) is 2.69. The number of aromatic hydroxyl groups is 1. The molecule has 1 aromatic carbocycles. The van der Waals surface area contributed by atoms with E-state index in [-0.39, 0.29) is 18.2 Å². The van der Waals surface area contributed by atoms with Crippen molar-refractivity contribution in [2.45, 2.75) is 57.0 Å². The minimum absolute atomic E-state index is 0.115. The van der Waals surface area contributed by atoms with Crippen LogP contribution >= 0.6 is 0 Å². The molecular weight excluding hydrogens is 387 g/mol. The van der Waals surface area contributed by atoms with Gasteiger partial charge in [-0.3, -0.25) is 0 Å². The lowest BCUT2D eigenvalue weighted by Gasteiger charge is -2.30. The molecule has 29 heavy (non-hydrogen) atoms. The number of hydrogen-bond donors (Lipinski definition) is 3. The monoisotopic (exact) mass is 409 g/mol. The van der Waals surface area contributed by atoms with Crippen molar-refractivity contribution in [1.82, 2.24) is 10.2 Å². The number of ether oxygens (including phenoxy) is 1. The van der Waals surface area contributed by atoms with Crippen LogP contribution in [0.2, 0.25) is 0 Å². The average molecular weight is 409 g/mol. The van der Waals surface area contributed by atoms with Gasteiger partial charge in [0, 0.05) is 16.7 Å². The molecule has 2 aromatic rings. The Hall–Kier alpha value is -2.39. The van der Waals surface area contributed by atoms with Crippen LogP contribution in [0.15, 0.2) is 18.2 Å². The number of hydrogen-bond acceptors (Lipinski definition) is 6. The Balaban J connectivity index is 1.71. The molecule has 2 atom stereocenters. The second-order valence-corrected chi connectivity index (χ2v) is 7.49. The van der Waals surface area contributed by atoms with E-state index in [0.29, 0.717) is 36.2 Å². The summed E-state index contributed by atoms with van der Waals surface area (Å²) in [6.45, 7) is 0.710. The van der Waals surface area contributed by atoms with E-state index >= 15 is 0 Å². The number of aromatic nitrogens is 2. The summed E-state index contributed by atoms with van der Waals surface area (Å²) < 4.78 is 44.2. The Morgan fingerprint density at radius 1 is 1.10 bits per heavy atom. The molecular formula is C20H22F3N3O3. The van der Waals surface area contributed by atoms with Gasteiger partial charge in [-0.05, 0) is 37.5 Å². The zero-order valence-corrected chi connectivity index (χ0v) is 15.7. The van der Waals surface area contributed by atoms with E-state index in [9.17, 15) is 23.4 Å². The summed E-state index contributed by atoms with van der Waals surface area (Å²) in [5, 5.41) is 32.2. The van der Waals surface area contributed by atoms with Gasteiger partial charge in [-0.2, -0.15) is 13.2 Å². The zero-order chi connectivity index (χ0) is 20.6. The summed E-state index contributed by atoms with van der Waals surface area (Å²) in [4.78, 5) is 0. The van der Waals surface area contributed by atoms with Gasteiger partial charge in [-0.15, -0.1) is 10.2 Å². The van der Waals surface area contributed by atoms with Crippen LogP contribution < -0.4 is 5.32 Å². The van der Waals surface area contributed by atoms with Crippen molar-refractivity contribution in [2.75, 3.05) is 11.9 Å². The largest absolute Gasteiger partial charge is 0.507 e. The Kier molecular flexibility index (Phi) is 5.35. The van der Waals surface area contributed by atoms with E-state index in [1.807, 2.05) is 0 Å². The van der Waals surface area contributed by atoms with Gasteiger partial charge in [0.05, 0.1) is 30.9 Å². The second-order valence-electron chi connectivity index (χ2n) is 7.49. The highest BCUT2D eigenvalue weighted by molar-refractivity contribution is 5.73. The first-order valence-corrected chi connectivity index (χ1v) is 9.66. The first kappa shape index (κ1) is 19.9. The predicted octanol–water partition coefficient (Wildman–Crippen LogP) is 3.66. The van der Waals surface area contributed by atoms with E-state index in [2.05, 4.69) is 15.5 Å². The number of anilines is 1. The van der Waals surface area contributed by atoms with Gasteiger partial charge in [0.15, 0.2) is 5.82 Å². The molecule has 3 N–H and O–H groups in total. The normalized spacial score (nSPS) is 22.2. The highest BCUT2D eigenvalue weighted by atomic mass is 19.4. The van der Waals surface area contributed by atoms with Gasteiger partial charge in [0.25, 0.3) is 0 Å². The molecule has 6 nitrogen and oxygen atoms in total. The molecule has 1 aliphatic heterocycles. The first-order valence-electron chi connectivity index (χ1n) is 9.66. The number of benzene rings is 1. The van der Waals surface area contributed by atoms with Crippen molar-refractivity contribution >= 4 is 5.82 Å². The van der Waals surface area contributed by atoms with Crippen molar-refractivity contribution in [1.29, 1.82) is 0 Å². The summed E-state index contributed by atoms with van der Waals surface area (Å²) >= 11 is 0. The Labute approximate surface area is 165 Å². The van der Waals surface area contributed by atoms with Crippen LogP contribution in [0.3, 0.4) is 0 Å². The summed E-state index contributed by atoms with van der Waals surface area (Å²) in [6, 6.07) is 2.69. The van der Waals surface area contributed by atoms with Gasteiger partial charge in [-0.25, -0.2) is 0 Å². The topological polar surface area (TPSA) is 87.5 Å². The van der Waals surface area contributed by atoms with Gasteiger partial charge in [0.2, 0.25) is 0 Å². The summed E-state index contributed by atoms with van der Waals surface area (Å²) in [7, 11) is 0. The molecule has 0 saturated heterocycles. The number of phenolic OH excluding ortho intramolecular Hbond substituents is 1. The number of phenols is 1.